The number of hydrogen-bond acceptors (Lipinski definition) is 4. The Balaban J connectivity index is 1.58. The lowest BCUT2D eigenvalue weighted by molar-refractivity contribution is -0.126. The Hall–Kier alpha value is -4.75. The van der Waals surface area contributed by atoms with Crippen LogP contribution >= 0.6 is 0 Å². The molecule has 0 saturated carbocycles. The zero-order valence-corrected chi connectivity index (χ0v) is 22.1. The third kappa shape index (κ3) is 7.65. The minimum absolute atomic E-state index is 0.179. The van der Waals surface area contributed by atoms with Crippen LogP contribution in [0.3, 0.4) is 0 Å². The van der Waals surface area contributed by atoms with E-state index in [1.165, 1.54) is 18.2 Å². The number of hydrogen-bond donors (Lipinski definition) is 3. The number of carbonyl (C=O) groups is 2. The standard InChI is InChI=1S/C33H32FN3O3/c34-31-11-4-1-7-26(31)14-17-32(39)37(21-18-24-12-15-28(38)16-13-24)23-25-6-5-8-27(22-25)29-9-2-3-10-30(29)33(40)36-20-19-35/h1-17,22,38H,18-21,23,35H2,(H,36,40). The van der Waals surface area contributed by atoms with E-state index in [-0.39, 0.29) is 17.6 Å². The van der Waals surface area contributed by atoms with Gasteiger partial charge in [0, 0.05) is 43.4 Å². The van der Waals surface area contributed by atoms with E-state index >= 15 is 0 Å². The molecule has 204 valence electrons. The Labute approximate surface area is 233 Å². The van der Waals surface area contributed by atoms with E-state index in [1.807, 2.05) is 54.6 Å². The molecule has 0 aliphatic heterocycles. The highest BCUT2D eigenvalue weighted by Crippen LogP contribution is 2.25. The lowest BCUT2D eigenvalue weighted by Crippen LogP contribution is -2.31. The fourth-order valence-corrected chi connectivity index (χ4v) is 4.34. The number of nitrogens with one attached hydrogen (secondary N) is 1. The van der Waals surface area contributed by atoms with Gasteiger partial charge in [0.25, 0.3) is 5.91 Å². The zero-order valence-electron chi connectivity index (χ0n) is 22.1. The van der Waals surface area contributed by atoms with Gasteiger partial charge < -0.3 is 21.1 Å². The van der Waals surface area contributed by atoms with Crippen LogP contribution in [0.5, 0.6) is 5.75 Å². The van der Waals surface area contributed by atoms with Gasteiger partial charge in [0.15, 0.2) is 0 Å². The molecule has 0 aromatic heterocycles. The van der Waals surface area contributed by atoms with Crippen molar-refractivity contribution in [1.29, 1.82) is 0 Å². The minimum atomic E-state index is -0.399. The number of phenols is 1. The predicted molar refractivity (Wildman–Crippen MR) is 156 cm³/mol. The molecule has 7 heteroatoms. The van der Waals surface area contributed by atoms with Crippen LogP contribution in [-0.4, -0.2) is 41.5 Å². The molecule has 4 N–H and O–H groups in total. The molecule has 0 radical (unpaired) electrons. The van der Waals surface area contributed by atoms with Gasteiger partial charge in [0.1, 0.15) is 11.6 Å². The number of phenolic OH excluding ortho intramolecular Hbond substituents is 1. The molecule has 4 aromatic rings. The molecule has 0 spiro atoms. The molecule has 0 unspecified atom stereocenters. The molecule has 4 aromatic carbocycles. The maximum absolute atomic E-state index is 14.1. The molecule has 40 heavy (non-hydrogen) atoms. The van der Waals surface area contributed by atoms with Crippen LogP contribution in [0.15, 0.2) is 103 Å². The van der Waals surface area contributed by atoms with Gasteiger partial charge in [-0.15, -0.1) is 0 Å². The minimum Gasteiger partial charge on any atom is -0.508 e. The van der Waals surface area contributed by atoms with Crippen LogP contribution in [0.4, 0.5) is 4.39 Å². The Morgan fingerprint density at radius 2 is 1.65 bits per heavy atom. The van der Waals surface area contributed by atoms with Gasteiger partial charge in [0.05, 0.1) is 0 Å². The first-order valence-electron chi connectivity index (χ1n) is 13.1. The molecule has 2 amide bonds. The molecular formula is C33H32FN3O3. The van der Waals surface area contributed by atoms with Gasteiger partial charge in [-0.1, -0.05) is 66.7 Å². The first-order valence-corrected chi connectivity index (χ1v) is 13.1. The van der Waals surface area contributed by atoms with Gasteiger partial charge in [-0.25, -0.2) is 4.39 Å². The van der Waals surface area contributed by atoms with Crippen LogP contribution in [0.1, 0.15) is 27.0 Å². The van der Waals surface area contributed by atoms with Crippen molar-refractivity contribution in [3.05, 3.63) is 131 Å². The van der Waals surface area contributed by atoms with Crippen molar-refractivity contribution in [2.24, 2.45) is 5.73 Å². The summed E-state index contributed by atoms with van der Waals surface area (Å²) < 4.78 is 14.1. The Morgan fingerprint density at radius 3 is 2.42 bits per heavy atom. The van der Waals surface area contributed by atoms with Crippen molar-refractivity contribution in [2.75, 3.05) is 19.6 Å². The van der Waals surface area contributed by atoms with E-state index in [4.69, 9.17) is 5.73 Å². The third-order valence-electron chi connectivity index (χ3n) is 6.44. The topological polar surface area (TPSA) is 95.7 Å². The summed E-state index contributed by atoms with van der Waals surface area (Å²) in [5, 5.41) is 12.4. The number of nitrogens with zero attached hydrogens (tertiary/aromatic N) is 1. The second-order valence-electron chi connectivity index (χ2n) is 9.32. The number of nitrogens with two attached hydrogens (primary N) is 1. The van der Waals surface area contributed by atoms with E-state index in [2.05, 4.69) is 5.32 Å². The molecule has 0 saturated heterocycles. The maximum Gasteiger partial charge on any atom is 0.251 e. The molecule has 4 rings (SSSR count). The van der Waals surface area contributed by atoms with Crippen molar-refractivity contribution in [2.45, 2.75) is 13.0 Å². The highest BCUT2D eigenvalue weighted by Gasteiger charge is 2.15. The summed E-state index contributed by atoms with van der Waals surface area (Å²) in [6.45, 7) is 1.45. The molecule has 0 bridgehead atoms. The van der Waals surface area contributed by atoms with Crippen LogP contribution < -0.4 is 11.1 Å². The fourth-order valence-electron chi connectivity index (χ4n) is 4.34. The summed E-state index contributed by atoms with van der Waals surface area (Å²) in [4.78, 5) is 27.8. The van der Waals surface area contributed by atoms with Crippen molar-refractivity contribution in [3.8, 4) is 16.9 Å². The predicted octanol–water partition coefficient (Wildman–Crippen LogP) is 5.17. The smallest absolute Gasteiger partial charge is 0.251 e. The Bertz CT molecular complexity index is 1480. The lowest BCUT2D eigenvalue weighted by atomic mass is 9.97. The van der Waals surface area contributed by atoms with E-state index in [9.17, 15) is 19.1 Å². The molecule has 0 fully saturated rings. The second-order valence-corrected chi connectivity index (χ2v) is 9.32. The highest BCUT2D eigenvalue weighted by molar-refractivity contribution is 6.01. The molecule has 6 nitrogen and oxygen atoms in total. The molecule has 0 aliphatic carbocycles. The van der Waals surface area contributed by atoms with Crippen molar-refractivity contribution >= 4 is 17.9 Å². The molecule has 0 heterocycles. The normalized spacial score (nSPS) is 10.9. The van der Waals surface area contributed by atoms with Gasteiger partial charge >= 0.3 is 0 Å². The number of rotatable bonds is 11. The zero-order chi connectivity index (χ0) is 28.3. The van der Waals surface area contributed by atoms with Gasteiger partial charge in [-0.3, -0.25) is 9.59 Å². The van der Waals surface area contributed by atoms with Crippen molar-refractivity contribution < 1.29 is 19.1 Å². The summed E-state index contributed by atoms with van der Waals surface area (Å²) in [6, 6.07) is 28.2. The van der Waals surface area contributed by atoms with Gasteiger partial charge in [0.2, 0.25) is 5.91 Å². The van der Waals surface area contributed by atoms with E-state index in [0.717, 1.165) is 22.3 Å². The first-order chi connectivity index (χ1) is 19.4. The van der Waals surface area contributed by atoms with Gasteiger partial charge in [-0.05, 0) is 65.1 Å². The van der Waals surface area contributed by atoms with E-state index < -0.39 is 5.82 Å². The Kier molecular flexibility index (Phi) is 9.80. The maximum atomic E-state index is 14.1. The monoisotopic (exact) mass is 537 g/mol. The molecular weight excluding hydrogens is 505 g/mol. The number of benzene rings is 4. The summed E-state index contributed by atoms with van der Waals surface area (Å²) in [6.07, 6.45) is 3.44. The quantitative estimate of drug-likeness (QED) is 0.230. The van der Waals surface area contributed by atoms with E-state index in [1.54, 1.807) is 41.3 Å². The first kappa shape index (κ1) is 28.3. The Morgan fingerprint density at radius 1 is 0.900 bits per heavy atom. The summed E-state index contributed by atoms with van der Waals surface area (Å²) in [7, 11) is 0. The number of carbonyl (C=O) groups excluding carboxylic acids is 2. The summed E-state index contributed by atoms with van der Waals surface area (Å²) >= 11 is 0. The van der Waals surface area contributed by atoms with E-state index in [0.29, 0.717) is 43.7 Å². The van der Waals surface area contributed by atoms with Crippen LogP contribution in [-0.2, 0) is 17.8 Å². The van der Waals surface area contributed by atoms with Crippen LogP contribution in [0.25, 0.3) is 17.2 Å². The lowest BCUT2D eigenvalue weighted by Gasteiger charge is -2.22. The van der Waals surface area contributed by atoms with Crippen LogP contribution in [0, 0.1) is 5.82 Å². The summed E-state index contributed by atoms with van der Waals surface area (Å²) in [5.74, 6) is -0.674. The largest absolute Gasteiger partial charge is 0.508 e. The number of halogens is 1. The molecule has 0 aliphatic rings. The van der Waals surface area contributed by atoms with Crippen molar-refractivity contribution in [1.82, 2.24) is 10.2 Å². The fraction of sp³-hybridized carbons (Fsp3) is 0.152. The number of amides is 2. The highest BCUT2D eigenvalue weighted by atomic mass is 19.1. The van der Waals surface area contributed by atoms with Crippen molar-refractivity contribution in [3.63, 3.8) is 0 Å². The second kappa shape index (κ2) is 13.9. The van der Waals surface area contributed by atoms with Crippen LogP contribution in [0.2, 0.25) is 0 Å². The van der Waals surface area contributed by atoms with Gasteiger partial charge in [-0.2, -0.15) is 0 Å². The molecule has 0 atom stereocenters. The number of aromatic hydroxyl groups is 1. The average Bonchev–Trinajstić information content (AvgIpc) is 2.98. The average molecular weight is 538 g/mol. The summed E-state index contributed by atoms with van der Waals surface area (Å²) in [5.41, 5.74) is 9.90. The SMILES string of the molecule is NCCNC(=O)c1ccccc1-c1cccc(CN(CCc2ccc(O)cc2)C(=O)C=Cc2ccccc2F)c1. The third-order valence-corrected chi connectivity index (χ3v) is 6.44.